The van der Waals surface area contributed by atoms with E-state index in [1.807, 2.05) is 0 Å². The zero-order valence-electron chi connectivity index (χ0n) is 33.5. The van der Waals surface area contributed by atoms with Crippen LogP contribution in [0.5, 0.6) is 0 Å². The number of ether oxygens (including phenoxy) is 5. The molecular weight excluding hydrogens is 688 g/mol. The van der Waals surface area contributed by atoms with E-state index in [2.05, 4.69) is 80.7 Å². The van der Waals surface area contributed by atoms with Gasteiger partial charge in [0.2, 0.25) is 5.91 Å². The highest BCUT2D eigenvalue weighted by atomic mass is 16.6. The van der Waals surface area contributed by atoms with Gasteiger partial charge in [0.05, 0.1) is 20.6 Å². The Morgan fingerprint density at radius 2 is 1.04 bits per heavy atom. The maximum atomic E-state index is 12.6. The molecule has 0 heterocycles. The van der Waals surface area contributed by atoms with Crippen molar-refractivity contribution in [2.45, 2.75) is 112 Å². The van der Waals surface area contributed by atoms with E-state index in [0.717, 1.165) is 25.7 Å². The molecule has 4 unspecified atom stereocenters. The van der Waals surface area contributed by atoms with Gasteiger partial charge in [-0.3, -0.25) is 4.79 Å². The van der Waals surface area contributed by atoms with Gasteiger partial charge < -0.3 is 45.0 Å². The molecule has 0 saturated heterocycles. The van der Waals surface area contributed by atoms with E-state index in [1.54, 1.807) is 6.92 Å². The van der Waals surface area contributed by atoms with Gasteiger partial charge in [-0.05, 0) is 74.0 Å². The van der Waals surface area contributed by atoms with E-state index in [-0.39, 0.29) is 77.4 Å². The Labute approximate surface area is 315 Å². The number of carbonyl (C=O) groups excluding carboxylic acids is 6. The number of amides is 4. The molecule has 4 atom stereocenters. The zero-order valence-corrected chi connectivity index (χ0v) is 33.5. The summed E-state index contributed by atoms with van der Waals surface area (Å²) < 4.78 is 24.4. The van der Waals surface area contributed by atoms with Gasteiger partial charge >= 0.3 is 30.2 Å². The molecule has 0 aromatic rings. The molecule has 2 saturated carbocycles. The molecule has 4 amide bonds. The predicted octanol–water partition coefficient (Wildman–Crippen LogP) is 5.33. The zero-order chi connectivity index (χ0) is 40.6. The summed E-state index contributed by atoms with van der Waals surface area (Å²) in [6, 6.07) is -0.226. The highest BCUT2D eigenvalue weighted by molar-refractivity contribution is 5.87. The first-order valence-electron chi connectivity index (χ1n) is 17.9. The van der Waals surface area contributed by atoms with Gasteiger partial charge in [0.15, 0.2) is 0 Å². The van der Waals surface area contributed by atoms with Gasteiger partial charge in [-0.2, -0.15) is 0 Å². The fourth-order valence-electron chi connectivity index (χ4n) is 7.71. The Bertz CT molecular complexity index is 1330. The molecule has 0 radical (unpaired) electrons. The number of hydrogen-bond acceptors (Lipinski definition) is 11. The highest BCUT2D eigenvalue weighted by Crippen LogP contribution is 2.47. The summed E-state index contributed by atoms with van der Waals surface area (Å²) in [5.74, 6) is -1.12. The maximum absolute atomic E-state index is 12.6. The molecular formula is C38H64N4O11. The minimum Gasteiger partial charge on any atom is -0.466 e. The lowest BCUT2D eigenvalue weighted by Crippen LogP contribution is -2.50. The molecule has 2 aliphatic rings. The molecule has 302 valence electrons. The molecule has 0 bridgehead atoms. The van der Waals surface area contributed by atoms with Crippen molar-refractivity contribution in [3.63, 3.8) is 0 Å². The summed E-state index contributed by atoms with van der Waals surface area (Å²) in [7, 11) is 2.67. The molecule has 0 spiro atoms. The Balaban J connectivity index is 0.00000181. The van der Waals surface area contributed by atoms with Crippen LogP contribution in [-0.4, -0.2) is 95.3 Å². The number of nitrogens with one attached hydrogen (secondary N) is 4. The molecule has 15 nitrogen and oxygen atoms in total. The lowest BCUT2D eigenvalue weighted by Gasteiger charge is -2.46. The van der Waals surface area contributed by atoms with Gasteiger partial charge in [-0.15, -0.1) is 0 Å². The number of esters is 2. The van der Waals surface area contributed by atoms with E-state index >= 15 is 0 Å². The Morgan fingerprint density at radius 3 is 1.49 bits per heavy atom. The molecule has 0 aromatic carbocycles. The van der Waals surface area contributed by atoms with Crippen molar-refractivity contribution in [2.75, 3.05) is 47.1 Å². The summed E-state index contributed by atoms with van der Waals surface area (Å²) in [5, 5.41) is 11.6. The monoisotopic (exact) mass is 752 g/mol. The smallest absolute Gasteiger partial charge is 0.407 e. The largest absolute Gasteiger partial charge is 0.466 e. The summed E-state index contributed by atoms with van der Waals surface area (Å²) in [4.78, 5) is 70.9. The summed E-state index contributed by atoms with van der Waals surface area (Å²) in [6.45, 7) is 23.3. The molecule has 53 heavy (non-hydrogen) atoms. The van der Waals surface area contributed by atoms with Crippen LogP contribution in [0.2, 0.25) is 0 Å². The van der Waals surface area contributed by atoms with Gasteiger partial charge in [-0.1, -0.05) is 54.7 Å². The summed E-state index contributed by atoms with van der Waals surface area (Å²) in [5.41, 5.74) is 0.0445. The van der Waals surface area contributed by atoms with Crippen molar-refractivity contribution < 1.29 is 52.5 Å². The Kier molecular flexibility index (Phi) is 18.3. The second kappa shape index (κ2) is 20.8. The van der Waals surface area contributed by atoms with Crippen molar-refractivity contribution in [1.82, 2.24) is 21.3 Å². The Morgan fingerprint density at radius 1 is 0.585 bits per heavy atom. The van der Waals surface area contributed by atoms with E-state index in [1.165, 1.54) is 21.1 Å². The number of methoxy groups -OCH3 is 2. The van der Waals surface area contributed by atoms with Crippen molar-refractivity contribution in [1.29, 1.82) is 0 Å². The first kappa shape index (κ1) is 46.7. The lowest BCUT2D eigenvalue weighted by molar-refractivity contribution is -0.140. The SMILES string of the molecule is C=C(C)C(=O)OC.C=C(C)C(=O)OCCOC(=O)NC1CC(C)(C)CC(C)(CNC(=O)CCOC(=O)NCC2(C)CC(NC(=O)OC)CC(C)(C)C2)C1. The first-order chi connectivity index (χ1) is 24.4. The van der Waals surface area contributed by atoms with Gasteiger partial charge in [0.1, 0.15) is 19.8 Å². The number of hydrogen-bond donors (Lipinski definition) is 4. The first-order valence-corrected chi connectivity index (χ1v) is 17.9. The quantitative estimate of drug-likeness (QED) is 0.0775. The lowest BCUT2D eigenvalue weighted by atomic mass is 9.62. The van der Waals surface area contributed by atoms with Crippen LogP contribution in [-0.2, 0) is 38.1 Å². The minimum atomic E-state index is -0.592. The molecule has 0 aliphatic heterocycles. The Hall–Kier alpha value is -4.30. The fraction of sp³-hybridized carbons (Fsp3) is 0.737. The topological polar surface area (TPSA) is 197 Å². The van der Waals surface area contributed by atoms with Crippen LogP contribution in [0.15, 0.2) is 24.3 Å². The number of carbonyl (C=O) groups is 6. The average molecular weight is 753 g/mol. The average Bonchev–Trinajstić information content (AvgIpc) is 3.02. The molecule has 2 rings (SSSR count). The van der Waals surface area contributed by atoms with Gasteiger partial charge in [0.25, 0.3) is 0 Å². The maximum Gasteiger partial charge on any atom is 0.407 e. The predicted molar refractivity (Wildman–Crippen MR) is 199 cm³/mol. The van der Waals surface area contributed by atoms with Gasteiger partial charge in [-0.25, -0.2) is 24.0 Å². The van der Waals surface area contributed by atoms with Crippen LogP contribution in [0.1, 0.15) is 100 Å². The molecule has 15 heteroatoms. The summed E-state index contributed by atoms with van der Waals surface area (Å²) >= 11 is 0. The number of rotatable bonds is 14. The number of alkyl carbamates (subject to hydrolysis) is 3. The molecule has 2 fully saturated rings. The van der Waals surface area contributed by atoms with Crippen molar-refractivity contribution >= 4 is 36.1 Å². The highest BCUT2D eigenvalue weighted by Gasteiger charge is 2.43. The van der Waals surface area contributed by atoms with Crippen LogP contribution < -0.4 is 21.3 Å². The molecule has 2 aliphatic carbocycles. The van der Waals surface area contributed by atoms with Gasteiger partial charge in [0, 0.05) is 36.3 Å². The standard InChI is InChI=1S/C33H56N4O9.C5H8O2/c1-22(2)26(39)44-12-13-46-29(42)37-24-15-31(5,6)18-32(7,17-24)20-34-25(38)10-11-45-27(40)35-21-33(8)16-23(36-28(41)43-9)14-30(3,4)19-33;1-4(2)5(6)7-3/h23-24H,1,10-21H2,2-9H3,(H,34,38)(H,35,40)(H,36,41)(H,37,42);1H2,2-3H3. The van der Waals surface area contributed by atoms with E-state index in [4.69, 9.17) is 18.9 Å². The van der Waals surface area contributed by atoms with Crippen molar-refractivity contribution in [3.05, 3.63) is 24.3 Å². The van der Waals surface area contributed by atoms with Crippen LogP contribution in [0.4, 0.5) is 14.4 Å². The van der Waals surface area contributed by atoms with Crippen LogP contribution in [0.3, 0.4) is 0 Å². The fourth-order valence-corrected chi connectivity index (χ4v) is 7.71. The van der Waals surface area contributed by atoms with Crippen LogP contribution in [0, 0.1) is 21.7 Å². The molecule has 0 aromatic heterocycles. The third kappa shape index (κ3) is 18.8. The van der Waals surface area contributed by atoms with Crippen LogP contribution in [0.25, 0.3) is 0 Å². The summed E-state index contributed by atoms with van der Waals surface area (Å²) in [6.07, 6.45) is 2.97. The van der Waals surface area contributed by atoms with E-state index < -0.39 is 24.2 Å². The van der Waals surface area contributed by atoms with Crippen molar-refractivity contribution in [2.24, 2.45) is 21.7 Å². The second-order valence-corrected chi connectivity index (χ2v) is 16.6. The third-order valence-corrected chi connectivity index (χ3v) is 9.08. The third-order valence-electron chi connectivity index (χ3n) is 9.08. The van der Waals surface area contributed by atoms with Crippen molar-refractivity contribution in [3.8, 4) is 0 Å². The van der Waals surface area contributed by atoms with E-state index in [9.17, 15) is 28.8 Å². The second-order valence-electron chi connectivity index (χ2n) is 16.6. The normalized spacial score (nSPS) is 24.0. The van der Waals surface area contributed by atoms with Crippen LogP contribution >= 0.6 is 0 Å². The molecule has 4 N–H and O–H groups in total. The van der Waals surface area contributed by atoms with E-state index in [0.29, 0.717) is 31.5 Å². The minimum absolute atomic E-state index is 0.0201.